The Kier molecular flexibility index (Phi) is 9.45. The normalized spacial score (nSPS) is 11.2. The highest BCUT2D eigenvalue weighted by atomic mass is 32.1. The molecule has 0 saturated carbocycles. The molecule has 0 aliphatic heterocycles. The summed E-state index contributed by atoms with van der Waals surface area (Å²) in [5, 5.41) is 11.5. The number of unbranched alkanes of at least 4 members (excludes halogenated alkanes) is 1. The molecule has 0 saturated heterocycles. The van der Waals surface area contributed by atoms with Crippen molar-refractivity contribution in [2.45, 2.75) is 38.9 Å². The van der Waals surface area contributed by atoms with Crippen molar-refractivity contribution in [3.63, 3.8) is 0 Å². The Morgan fingerprint density at radius 1 is 1.18 bits per heavy atom. The molecule has 1 amide bonds. The Morgan fingerprint density at radius 3 is 2.50 bits per heavy atom. The third kappa shape index (κ3) is 6.49. The number of aromatic nitrogens is 2. The van der Waals surface area contributed by atoms with Gasteiger partial charge in [-0.2, -0.15) is 13.2 Å². The number of aliphatic carboxylic acids is 1. The first-order chi connectivity index (χ1) is 18.1. The summed E-state index contributed by atoms with van der Waals surface area (Å²) in [4.78, 5) is 39.8. The highest BCUT2D eigenvalue weighted by molar-refractivity contribution is 7.22. The predicted octanol–water partition coefficient (Wildman–Crippen LogP) is 5.03. The minimum atomic E-state index is -5.08. The van der Waals surface area contributed by atoms with Gasteiger partial charge >= 0.3 is 12.1 Å². The second-order valence-corrected chi connectivity index (χ2v) is 9.19. The zero-order valence-corrected chi connectivity index (χ0v) is 21.5. The minimum Gasteiger partial charge on any atom is -0.494 e. The van der Waals surface area contributed by atoms with Crippen molar-refractivity contribution in [1.29, 1.82) is 0 Å². The van der Waals surface area contributed by atoms with Gasteiger partial charge in [0.05, 0.1) is 17.3 Å². The lowest BCUT2D eigenvalue weighted by molar-refractivity contribution is -0.192. The molecule has 202 valence electrons. The monoisotopic (exact) mass is 549 g/mol. The van der Waals surface area contributed by atoms with E-state index in [2.05, 4.69) is 17.2 Å². The summed E-state index contributed by atoms with van der Waals surface area (Å²) in [5.41, 5.74) is 1.83. The molecule has 0 spiro atoms. The summed E-state index contributed by atoms with van der Waals surface area (Å²) in [6.45, 7) is 3.21. The summed E-state index contributed by atoms with van der Waals surface area (Å²) in [5.74, 6) is -2.63. The molecule has 0 aliphatic carbocycles. The molecule has 0 unspecified atom stereocenters. The van der Waals surface area contributed by atoms with E-state index in [-0.39, 0.29) is 11.5 Å². The molecular weight excluding hydrogens is 523 g/mol. The lowest BCUT2D eigenvalue weighted by Crippen LogP contribution is -2.25. The first-order valence-electron chi connectivity index (χ1n) is 11.7. The molecular formula is C26H26F3N3O5S. The number of para-hydroxylation sites is 1. The molecule has 3 aromatic heterocycles. The summed E-state index contributed by atoms with van der Waals surface area (Å²) in [6.07, 6.45) is 1.01. The molecule has 0 radical (unpaired) electrons. The molecule has 0 bridgehead atoms. The summed E-state index contributed by atoms with van der Waals surface area (Å²) >= 11 is 1.32. The number of hydrogen-bond donors (Lipinski definition) is 2. The Hall–Kier alpha value is -3.93. The van der Waals surface area contributed by atoms with Crippen molar-refractivity contribution in [3.05, 3.63) is 69.6 Å². The fraction of sp³-hybridized carbons (Fsp3) is 0.308. The number of thiophene rings is 1. The van der Waals surface area contributed by atoms with Crippen LogP contribution in [0.3, 0.4) is 0 Å². The molecule has 12 heteroatoms. The number of halogens is 3. The fourth-order valence-corrected chi connectivity index (χ4v) is 4.99. The van der Waals surface area contributed by atoms with Gasteiger partial charge in [-0.05, 0) is 30.5 Å². The first kappa shape index (κ1) is 28.6. The van der Waals surface area contributed by atoms with Crippen molar-refractivity contribution in [2.24, 2.45) is 0 Å². The van der Waals surface area contributed by atoms with Crippen molar-refractivity contribution < 1.29 is 32.6 Å². The molecule has 2 N–H and O–H groups in total. The van der Waals surface area contributed by atoms with Gasteiger partial charge in [0.15, 0.2) is 5.75 Å². The zero-order valence-electron chi connectivity index (χ0n) is 20.7. The number of rotatable bonds is 8. The summed E-state index contributed by atoms with van der Waals surface area (Å²) in [6, 6.07) is 11.7. The Bertz CT molecular complexity index is 1480. The Labute approximate surface area is 219 Å². The average Bonchev–Trinajstić information content (AvgIpc) is 3.29. The van der Waals surface area contributed by atoms with Crippen LogP contribution in [0.25, 0.3) is 21.0 Å². The van der Waals surface area contributed by atoms with Crippen LogP contribution in [-0.4, -0.2) is 46.4 Å². The molecule has 38 heavy (non-hydrogen) atoms. The zero-order chi connectivity index (χ0) is 27.9. The van der Waals surface area contributed by atoms with Crippen LogP contribution in [0, 0.1) is 0 Å². The van der Waals surface area contributed by atoms with Crippen molar-refractivity contribution in [2.75, 3.05) is 13.7 Å². The number of hydrogen-bond acceptors (Lipinski definition) is 6. The van der Waals surface area contributed by atoms with E-state index < -0.39 is 12.1 Å². The maximum atomic E-state index is 13.4. The van der Waals surface area contributed by atoms with E-state index in [0.717, 1.165) is 34.0 Å². The third-order valence-electron chi connectivity index (χ3n) is 5.57. The SMILES string of the molecule is CCCCn1c(=O)c2c(OC)c(C(=O)NCCc3cccnc3)sc2c2ccccc21.O=C(O)C(F)(F)F. The molecule has 4 rings (SSSR count). The highest BCUT2D eigenvalue weighted by Crippen LogP contribution is 2.39. The number of nitrogens with zero attached hydrogens (tertiary/aromatic N) is 2. The maximum absolute atomic E-state index is 13.4. The number of ether oxygens (including phenoxy) is 1. The lowest BCUT2D eigenvalue weighted by Gasteiger charge is -2.11. The van der Waals surface area contributed by atoms with Crippen molar-refractivity contribution in [1.82, 2.24) is 14.9 Å². The van der Waals surface area contributed by atoms with Crippen LogP contribution in [-0.2, 0) is 17.8 Å². The van der Waals surface area contributed by atoms with E-state index in [1.54, 1.807) is 17.0 Å². The number of nitrogens with one attached hydrogen (secondary N) is 1. The topological polar surface area (TPSA) is 111 Å². The number of pyridine rings is 2. The van der Waals surface area contributed by atoms with Crippen molar-refractivity contribution in [3.8, 4) is 5.75 Å². The van der Waals surface area contributed by atoms with Gasteiger partial charge in [0, 0.05) is 30.9 Å². The number of carboxylic acids is 1. The van der Waals surface area contributed by atoms with E-state index in [0.29, 0.717) is 35.5 Å². The standard InChI is InChI=1S/C24H25N3O3S.C2HF3O2/c1-3-4-14-27-18-10-6-5-9-17(18)21-19(24(27)29)20(30-2)22(31-21)23(28)26-13-11-16-8-7-12-25-15-16;3-2(4,5)1(6)7/h5-10,12,15H,3-4,11,13-14H2,1-2H3,(H,26,28);(H,6,7). The number of alkyl halides is 3. The quantitative estimate of drug-likeness (QED) is 0.319. The van der Waals surface area contributed by atoms with E-state index in [9.17, 15) is 22.8 Å². The van der Waals surface area contributed by atoms with Gasteiger partial charge in [-0.15, -0.1) is 11.3 Å². The van der Waals surface area contributed by atoms with Gasteiger partial charge in [-0.25, -0.2) is 4.79 Å². The van der Waals surface area contributed by atoms with Crippen LogP contribution < -0.4 is 15.6 Å². The molecule has 1 aromatic carbocycles. The maximum Gasteiger partial charge on any atom is 0.490 e. The van der Waals surface area contributed by atoms with Crippen molar-refractivity contribution >= 4 is 44.2 Å². The van der Waals surface area contributed by atoms with Crippen LogP contribution in [0.1, 0.15) is 35.0 Å². The summed E-state index contributed by atoms with van der Waals surface area (Å²) < 4.78 is 39.9. The Balaban J connectivity index is 0.000000505. The molecule has 8 nitrogen and oxygen atoms in total. The van der Waals surface area contributed by atoms with Gasteiger partial charge in [-0.1, -0.05) is 37.6 Å². The average molecular weight is 550 g/mol. The van der Waals surface area contributed by atoms with Gasteiger partial charge in [-0.3, -0.25) is 14.6 Å². The number of carboxylic acid groups (broad SMARTS) is 1. The number of fused-ring (bicyclic) bond motifs is 3. The third-order valence-corrected chi connectivity index (χ3v) is 6.78. The van der Waals surface area contributed by atoms with Crippen LogP contribution in [0.5, 0.6) is 5.75 Å². The van der Waals surface area contributed by atoms with Gasteiger partial charge < -0.3 is 19.7 Å². The smallest absolute Gasteiger partial charge is 0.490 e. The number of carbonyl (C=O) groups excluding carboxylic acids is 1. The van der Waals surface area contributed by atoms with Gasteiger partial charge in [0.2, 0.25) is 0 Å². The second kappa shape index (κ2) is 12.5. The number of benzene rings is 1. The Morgan fingerprint density at radius 2 is 1.89 bits per heavy atom. The predicted molar refractivity (Wildman–Crippen MR) is 139 cm³/mol. The number of methoxy groups -OCH3 is 1. The molecule has 0 atom stereocenters. The molecule has 3 heterocycles. The number of carbonyl (C=O) groups is 2. The summed E-state index contributed by atoms with van der Waals surface area (Å²) in [7, 11) is 1.51. The molecule has 0 aliphatic rings. The minimum absolute atomic E-state index is 0.107. The number of aryl methyl sites for hydroxylation is 1. The van der Waals surface area contributed by atoms with Crippen LogP contribution >= 0.6 is 11.3 Å². The largest absolute Gasteiger partial charge is 0.494 e. The van der Waals surface area contributed by atoms with Crippen LogP contribution in [0.4, 0.5) is 13.2 Å². The van der Waals surface area contributed by atoms with Gasteiger partial charge in [0.25, 0.3) is 11.5 Å². The number of amides is 1. The molecule has 0 fully saturated rings. The van der Waals surface area contributed by atoms with Gasteiger partial charge in [0.1, 0.15) is 10.3 Å². The van der Waals surface area contributed by atoms with Crippen LogP contribution in [0.2, 0.25) is 0 Å². The van der Waals surface area contributed by atoms with E-state index >= 15 is 0 Å². The van der Waals surface area contributed by atoms with E-state index in [4.69, 9.17) is 14.6 Å². The second-order valence-electron chi connectivity index (χ2n) is 8.17. The highest BCUT2D eigenvalue weighted by Gasteiger charge is 2.38. The van der Waals surface area contributed by atoms with E-state index in [1.807, 2.05) is 36.4 Å². The van der Waals surface area contributed by atoms with E-state index in [1.165, 1.54) is 18.4 Å². The fourth-order valence-electron chi connectivity index (χ4n) is 3.77. The lowest BCUT2D eigenvalue weighted by atomic mass is 10.1. The first-order valence-corrected chi connectivity index (χ1v) is 12.5. The molecule has 4 aromatic rings. The van der Waals surface area contributed by atoms with Crippen LogP contribution in [0.15, 0.2) is 53.6 Å².